The molecule has 29 heavy (non-hydrogen) atoms. The number of pyridine rings is 1. The Morgan fingerprint density at radius 2 is 1.83 bits per heavy atom. The third kappa shape index (κ3) is 4.85. The van der Waals surface area contributed by atoms with Gasteiger partial charge in [0.05, 0.1) is 6.61 Å². The first-order valence-electron chi connectivity index (χ1n) is 9.08. The lowest BCUT2D eigenvalue weighted by atomic mass is 10.1. The fourth-order valence-electron chi connectivity index (χ4n) is 2.90. The molecule has 0 unspecified atom stereocenters. The van der Waals surface area contributed by atoms with Crippen LogP contribution in [0.3, 0.4) is 0 Å². The SMILES string of the molecule is Cc1ccc(C)c(NC(=S)C(=C(O)c2ccc(F)cc2)[n+]2cccc(CO)c2)c1. The number of thiocarbonyl (C=S) groups is 1. The van der Waals surface area contributed by atoms with Gasteiger partial charge < -0.3 is 15.5 Å². The number of hydrogen-bond donors (Lipinski definition) is 3. The van der Waals surface area contributed by atoms with Crippen molar-refractivity contribution in [1.29, 1.82) is 0 Å². The first-order valence-corrected chi connectivity index (χ1v) is 9.49. The van der Waals surface area contributed by atoms with E-state index in [0.717, 1.165) is 16.8 Å². The van der Waals surface area contributed by atoms with Gasteiger partial charge in [-0.05, 0) is 61.4 Å². The predicted octanol–water partition coefficient (Wildman–Crippen LogP) is 4.55. The molecule has 1 heterocycles. The summed E-state index contributed by atoms with van der Waals surface area (Å²) in [4.78, 5) is 0.292. The number of nitrogens with zero attached hydrogens (tertiary/aromatic N) is 1. The lowest BCUT2D eigenvalue weighted by molar-refractivity contribution is -0.576. The van der Waals surface area contributed by atoms with Gasteiger partial charge in [-0.25, -0.2) is 4.39 Å². The Labute approximate surface area is 174 Å². The molecule has 0 saturated carbocycles. The fraction of sp³-hybridized carbons (Fsp3) is 0.130. The smallest absolute Gasteiger partial charge is 0.288 e. The molecule has 0 spiro atoms. The number of anilines is 1. The molecule has 148 valence electrons. The molecule has 0 atom stereocenters. The van der Waals surface area contributed by atoms with Crippen molar-refractivity contribution in [2.75, 3.05) is 5.32 Å². The van der Waals surface area contributed by atoms with Crippen LogP contribution in [0.15, 0.2) is 67.0 Å². The molecule has 1 aromatic heterocycles. The number of halogens is 1. The van der Waals surface area contributed by atoms with Gasteiger partial charge in [-0.15, -0.1) is 0 Å². The van der Waals surface area contributed by atoms with Crippen molar-refractivity contribution in [3.63, 3.8) is 0 Å². The van der Waals surface area contributed by atoms with Crippen molar-refractivity contribution >= 4 is 34.3 Å². The van der Waals surface area contributed by atoms with Crippen molar-refractivity contribution < 1.29 is 19.2 Å². The van der Waals surface area contributed by atoms with E-state index in [-0.39, 0.29) is 12.4 Å². The summed E-state index contributed by atoms with van der Waals surface area (Å²) in [5.41, 5.74) is 4.32. The Balaban J connectivity index is 2.11. The van der Waals surface area contributed by atoms with E-state index >= 15 is 0 Å². The number of aryl methyl sites for hydroxylation is 2. The van der Waals surface area contributed by atoms with E-state index in [1.165, 1.54) is 24.3 Å². The highest BCUT2D eigenvalue weighted by atomic mass is 32.1. The van der Waals surface area contributed by atoms with E-state index in [9.17, 15) is 14.6 Å². The number of rotatable bonds is 5. The fourth-order valence-corrected chi connectivity index (χ4v) is 3.21. The van der Waals surface area contributed by atoms with Crippen LogP contribution in [0.1, 0.15) is 22.3 Å². The molecule has 3 rings (SSSR count). The zero-order valence-electron chi connectivity index (χ0n) is 16.2. The number of aliphatic hydroxyl groups excluding tert-OH is 2. The lowest BCUT2D eigenvalue weighted by Crippen LogP contribution is -2.39. The Hall–Kier alpha value is -3.09. The van der Waals surface area contributed by atoms with Crippen LogP contribution in [-0.2, 0) is 6.61 Å². The van der Waals surface area contributed by atoms with E-state index in [4.69, 9.17) is 12.2 Å². The maximum atomic E-state index is 13.3. The second-order valence-electron chi connectivity index (χ2n) is 6.75. The summed E-state index contributed by atoms with van der Waals surface area (Å²) < 4.78 is 15.0. The van der Waals surface area contributed by atoms with E-state index < -0.39 is 5.82 Å². The molecule has 3 N–H and O–H groups in total. The molecule has 3 aromatic rings. The van der Waals surface area contributed by atoms with Gasteiger partial charge in [0.25, 0.3) is 5.70 Å². The van der Waals surface area contributed by atoms with Crippen LogP contribution in [0.25, 0.3) is 11.5 Å². The van der Waals surface area contributed by atoms with Crippen LogP contribution in [0.4, 0.5) is 10.1 Å². The van der Waals surface area contributed by atoms with Crippen molar-refractivity contribution in [2.45, 2.75) is 20.5 Å². The van der Waals surface area contributed by atoms with Crippen LogP contribution in [0, 0.1) is 19.7 Å². The highest BCUT2D eigenvalue weighted by molar-refractivity contribution is 7.81. The van der Waals surface area contributed by atoms with Crippen molar-refractivity contribution in [2.24, 2.45) is 0 Å². The molecule has 0 bridgehead atoms. The van der Waals surface area contributed by atoms with Crippen LogP contribution >= 0.6 is 12.2 Å². The minimum atomic E-state index is -0.394. The van der Waals surface area contributed by atoms with Gasteiger partial charge in [-0.2, -0.15) is 4.57 Å². The first-order chi connectivity index (χ1) is 13.9. The summed E-state index contributed by atoms with van der Waals surface area (Å²) in [6.07, 6.45) is 3.41. The van der Waals surface area contributed by atoms with Gasteiger partial charge in [-0.1, -0.05) is 24.4 Å². The van der Waals surface area contributed by atoms with Crippen molar-refractivity contribution in [1.82, 2.24) is 0 Å². The largest absolute Gasteiger partial charge is 0.502 e. The number of nitrogens with one attached hydrogen (secondary N) is 1. The van der Waals surface area contributed by atoms with E-state index in [1.54, 1.807) is 29.1 Å². The normalized spacial score (nSPS) is 11.7. The molecule has 0 radical (unpaired) electrons. The van der Waals surface area contributed by atoms with E-state index in [1.807, 2.05) is 32.0 Å². The minimum Gasteiger partial charge on any atom is -0.502 e. The van der Waals surface area contributed by atoms with Crippen LogP contribution in [0.5, 0.6) is 0 Å². The van der Waals surface area contributed by atoms with Crippen LogP contribution < -0.4 is 9.88 Å². The topological polar surface area (TPSA) is 56.4 Å². The molecular formula is C23H22FN2O2S+. The van der Waals surface area contributed by atoms with Crippen LogP contribution in [0.2, 0.25) is 0 Å². The summed E-state index contributed by atoms with van der Waals surface area (Å²) in [5.74, 6) is -0.498. The third-order valence-corrected chi connectivity index (χ3v) is 4.80. The quantitative estimate of drug-likeness (QED) is 0.251. The molecule has 0 aliphatic rings. The zero-order chi connectivity index (χ0) is 21.0. The van der Waals surface area contributed by atoms with Gasteiger partial charge in [0.2, 0.25) is 0 Å². The summed E-state index contributed by atoms with van der Waals surface area (Å²) in [6, 6.07) is 15.0. The molecule has 0 aliphatic heterocycles. The van der Waals surface area contributed by atoms with Gasteiger partial charge in [0.15, 0.2) is 23.1 Å². The molecule has 6 heteroatoms. The second-order valence-corrected chi connectivity index (χ2v) is 7.16. The third-order valence-electron chi connectivity index (χ3n) is 4.50. The number of benzene rings is 2. The Bertz CT molecular complexity index is 1080. The van der Waals surface area contributed by atoms with Crippen LogP contribution in [-0.4, -0.2) is 15.2 Å². The average molecular weight is 410 g/mol. The molecular weight excluding hydrogens is 387 g/mol. The first kappa shape index (κ1) is 20.6. The number of aromatic nitrogens is 1. The summed E-state index contributed by atoms with van der Waals surface area (Å²) in [5, 5.41) is 23.7. The number of aliphatic hydroxyl groups is 2. The summed E-state index contributed by atoms with van der Waals surface area (Å²) >= 11 is 5.64. The van der Waals surface area contributed by atoms with Crippen molar-refractivity contribution in [3.05, 3.63) is 95.1 Å². The zero-order valence-corrected chi connectivity index (χ0v) is 17.0. The maximum absolute atomic E-state index is 13.3. The molecule has 0 aliphatic carbocycles. The average Bonchev–Trinajstić information content (AvgIpc) is 2.71. The monoisotopic (exact) mass is 409 g/mol. The second kappa shape index (κ2) is 8.94. The molecule has 0 amide bonds. The van der Waals surface area contributed by atoms with Gasteiger partial charge in [0, 0.05) is 22.9 Å². The summed E-state index contributed by atoms with van der Waals surface area (Å²) in [6.45, 7) is 3.80. The van der Waals surface area contributed by atoms with Gasteiger partial charge >= 0.3 is 0 Å². The molecule has 0 saturated heterocycles. The molecule has 2 aromatic carbocycles. The summed E-state index contributed by atoms with van der Waals surface area (Å²) in [7, 11) is 0. The molecule has 4 nitrogen and oxygen atoms in total. The maximum Gasteiger partial charge on any atom is 0.288 e. The van der Waals surface area contributed by atoms with Crippen molar-refractivity contribution in [3.8, 4) is 0 Å². The Morgan fingerprint density at radius 3 is 2.52 bits per heavy atom. The molecule has 0 fully saturated rings. The standard InChI is InChI=1S/C23H21FN2O2S/c1-15-5-6-16(2)20(12-15)25-23(29)21(26-11-3-4-17(13-26)14-27)22(28)18-7-9-19(24)10-8-18/h3-13,27H,14H2,1-2H3,(H-,25,28,29)/p+1. The minimum absolute atomic E-state index is 0.104. The highest BCUT2D eigenvalue weighted by Crippen LogP contribution is 2.22. The Morgan fingerprint density at radius 1 is 1.10 bits per heavy atom. The Kier molecular flexibility index (Phi) is 6.36. The highest BCUT2D eigenvalue weighted by Gasteiger charge is 2.24. The van der Waals surface area contributed by atoms with Gasteiger partial charge in [0.1, 0.15) is 5.82 Å². The van der Waals surface area contributed by atoms with E-state index in [2.05, 4.69) is 5.32 Å². The van der Waals surface area contributed by atoms with E-state index in [0.29, 0.717) is 21.8 Å². The predicted molar refractivity (Wildman–Crippen MR) is 117 cm³/mol. The van der Waals surface area contributed by atoms with Gasteiger partial charge in [-0.3, -0.25) is 0 Å². The number of hydrogen-bond acceptors (Lipinski definition) is 3. The lowest BCUT2D eigenvalue weighted by Gasteiger charge is -2.13.